The Morgan fingerprint density at radius 1 is 1.19 bits per heavy atom. The van der Waals surface area contributed by atoms with Gasteiger partial charge >= 0.3 is 0 Å². The van der Waals surface area contributed by atoms with E-state index in [4.69, 9.17) is 0 Å². The summed E-state index contributed by atoms with van der Waals surface area (Å²) in [6.45, 7) is 5.22. The average Bonchev–Trinajstić information content (AvgIpc) is 3.06. The Kier molecular flexibility index (Phi) is 4.63. The van der Waals surface area contributed by atoms with Crippen molar-refractivity contribution in [3.05, 3.63) is 35.6 Å². The van der Waals surface area contributed by atoms with Crippen LogP contribution in [-0.2, 0) is 0 Å². The molecule has 4 atom stereocenters. The molecule has 1 N–H and O–H groups in total. The van der Waals surface area contributed by atoms with E-state index in [9.17, 15) is 4.39 Å². The molecule has 0 heterocycles. The highest BCUT2D eigenvalue weighted by atomic mass is 19.1. The molecular formula is C19H28FN. The fraction of sp³-hybridized carbons (Fsp3) is 0.684. The van der Waals surface area contributed by atoms with E-state index in [1.807, 2.05) is 12.1 Å². The summed E-state index contributed by atoms with van der Waals surface area (Å²) in [4.78, 5) is 0. The first-order valence-electron chi connectivity index (χ1n) is 8.61. The van der Waals surface area contributed by atoms with Gasteiger partial charge in [-0.25, -0.2) is 4.39 Å². The Hall–Kier alpha value is -0.890. The molecule has 1 nitrogen and oxygen atoms in total. The van der Waals surface area contributed by atoms with Gasteiger partial charge in [-0.1, -0.05) is 38.5 Å². The van der Waals surface area contributed by atoms with E-state index in [1.165, 1.54) is 25.7 Å². The second-order valence-electron chi connectivity index (χ2n) is 7.45. The molecule has 0 radical (unpaired) electrons. The van der Waals surface area contributed by atoms with Gasteiger partial charge in [0.1, 0.15) is 5.82 Å². The minimum atomic E-state index is -0.0313. The molecule has 2 bridgehead atoms. The standard InChI is InChI=1S/C19H28FN/c1-13(2)21-12-17(18-5-3-4-6-19(18)20)11-16-10-14-7-8-15(16)9-14/h3-6,13-17,21H,7-12H2,1-2H3. The van der Waals surface area contributed by atoms with Crippen molar-refractivity contribution in [3.8, 4) is 0 Å². The number of halogens is 1. The van der Waals surface area contributed by atoms with Crippen LogP contribution in [0.15, 0.2) is 24.3 Å². The van der Waals surface area contributed by atoms with Crippen molar-refractivity contribution in [1.82, 2.24) is 5.32 Å². The minimum Gasteiger partial charge on any atom is -0.314 e. The van der Waals surface area contributed by atoms with E-state index in [1.54, 1.807) is 12.1 Å². The van der Waals surface area contributed by atoms with Crippen LogP contribution < -0.4 is 5.32 Å². The van der Waals surface area contributed by atoms with Gasteiger partial charge in [-0.3, -0.25) is 0 Å². The van der Waals surface area contributed by atoms with Gasteiger partial charge in [0, 0.05) is 12.6 Å². The van der Waals surface area contributed by atoms with Crippen molar-refractivity contribution in [2.75, 3.05) is 6.54 Å². The smallest absolute Gasteiger partial charge is 0.126 e. The van der Waals surface area contributed by atoms with Crippen LogP contribution >= 0.6 is 0 Å². The van der Waals surface area contributed by atoms with Crippen LogP contribution in [0.1, 0.15) is 57.4 Å². The molecule has 4 unspecified atom stereocenters. The molecule has 1 aromatic carbocycles. The van der Waals surface area contributed by atoms with Gasteiger partial charge in [-0.05, 0) is 61.0 Å². The van der Waals surface area contributed by atoms with Gasteiger partial charge in [-0.15, -0.1) is 0 Å². The third kappa shape index (κ3) is 3.48. The molecule has 0 aromatic heterocycles. The Morgan fingerprint density at radius 3 is 2.62 bits per heavy atom. The van der Waals surface area contributed by atoms with Crippen LogP contribution in [0, 0.1) is 23.6 Å². The molecule has 3 rings (SSSR count). The highest BCUT2D eigenvalue weighted by Gasteiger charge is 2.40. The van der Waals surface area contributed by atoms with Crippen LogP contribution in [0.3, 0.4) is 0 Å². The van der Waals surface area contributed by atoms with Crippen LogP contribution in [0.25, 0.3) is 0 Å². The predicted octanol–water partition coefficient (Wildman–Crippen LogP) is 4.73. The highest BCUT2D eigenvalue weighted by Crippen LogP contribution is 2.51. The van der Waals surface area contributed by atoms with E-state index in [-0.39, 0.29) is 5.82 Å². The van der Waals surface area contributed by atoms with Crippen LogP contribution in [-0.4, -0.2) is 12.6 Å². The first-order valence-corrected chi connectivity index (χ1v) is 8.61. The van der Waals surface area contributed by atoms with Gasteiger partial charge in [0.15, 0.2) is 0 Å². The normalized spacial score (nSPS) is 29.2. The van der Waals surface area contributed by atoms with E-state index in [0.29, 0.717) is 12.0 Å². The fourth-order valence-corrected chi connectivity index (χ4v) is 4.53. The zero-order chi connectivity index (χ0) is 14.8. The largest absolute Gasteiger partial charge is 0.314 e. The molecule has 0 amide bonds. The topological polar surface area (TPSA) is 12.0 Å². The summed E-state index contributed by atoms with van der Waals surface area (Å²) in [5.41, 5.74) is 0.911. The summed E-state index contributed by atoms with van der Waals surface area (Å²) in [5.74, 6) is 3.00. The predicted molar refractivity (Wildman–Crippen MR) is 85.8 cm³/mol. The van der Waals surface area contributed by atoms with Crippen molar-refractivity contribution in [2.24, 2.45) is 17.8 Å². The summed E-state index contributed by atoms with van der Waals surface area (Å²) in [6.07, 6.45) is 6.83. The molecule has 0 spiro atoms. The fourth-order valence-electron chi connectivity index (χ4n) is 4.53. The first kappa shape index (κ1) is 15.0. The van der Waals surface area contributed by atoms with Gasteiger partial charge in [0.05, 0.1) is 0 Å². The molecule has 1 aromatic rings. The van der Waals surface area contributed by atoms with Gasteiger partial charge in [-0.2, -0.15) is 0 Å². The molecule has 2 heteroatoms. The molecule has 0 saturated heterocycles. The van der Waals surface area contributed by atoms with Gasteiger partial charge in [0.25, 0.3) is 0 Å². The third-order valence-corrected chi connectivity index (χ3v) is 5.59. The summed E-state index contributed by atoms with van der Waals surface area (Å²) in [7, 11) is 0. The van der Waals surface area contributed by atoms with Crippen molar-refractivity contribution < 1.29 is 4.39 Å². The highest BCUT2D eigenvalue weighted by molar-refractivity contribution is 5.22. The Labute approximate surface area is 128 Å². The second kappa shape index (κ2) is 6.48. The summed E-state index contributed by atoms with van der Waals surface area (Å²) >= 11 is 0. The maximum atomic E-state index is 14.2. The molecule has 0 aliphatic heterocycles. The molecule has 2 aliphatic carbocycles. The lowest BCUT2D eigenvalue weighted by atomic mass is 9.80. The minimum absolute atomic E-state index is 0.0313. The molecule has 2 aliphatic rings. The third-order valence-electron chi connectivity index (χ3n) is 5.59. The molecule has 2 fully saturated rings. The number of rotatable bonds is 6. The van der Waals surface area contributed by atoms with E-state index in [0.717, 1.165) is 36.3 Å². The maximum Gasteiger partial charge on any atom is 0.126 e. The van der Waals surface area contributed by atoms with E-state index in [2.05, 4.69) is 19.2 Å². The molecule has 2 saturated carbocycles. The summed E-state index contributed by atoms with van der Waals surface area (Å²) in [6, 6.07) is 7.82. The maximum absolute atomic E-state index is 14.2. The lowest BCUT2D eigenvalue weighted by Crippen LogP contribution is -2.30. The van der Waals surface area contributed by atoms with Crippen LogP contribution in [0.2, 0.25) is 0 Å². The zero-order valence-corrected chi connectivity index (χ0v) is 13.3. The van der Waals surface area contributed by atoms with E-state index < -0.39 is 0 Å². The molecular weight excluding hydrogens is 261 g/mol. The Bertz CT molecular complexity index is 470. The Balaban J connectivity index is 1.71. The van der Waals surface area contributed by atoms with Crippen LogP contribution in [0.4, 0.5) is 4.39 Å². The SMILES string of the molecule is CC(C)NCC(CC1CC2CCC1C2)c1ccccc1F. The number of hydrogen-bond donors (Lipinski definition) is 1. The van der Waals surface area contributed by atoms with Gasteiger partial charge < -0.3 is 5.32 Å². The molecule has 116 valence electrons. The van der Waals surface area contributed by atoms with Crippen molar-refractivity contribution in [1.29, 1.82) is 0 Å². The first-order chi connectivity index (χ1) is 10.1. The zero-order valence-electron chi connectivity index (χ0n) is 13.3. The molecule has 21 heavy (non-hydrogen) atoms. The monoisotopic (exact) mass is 289 g/mol. The number of nitrogens with one attached hydrogen (secondary N) is 1. The van der Waals surface area contributed by atoms with Crippen molar-refractivity contribution >= 4 is 0 Å². The van der Waals surface area contributed by atoms with Crippen molar-refractivity contribution in [2.45, 2.75) is 57.9 Å². The van der Waals surface area contributed by atoms with Crippen molar-refractivity contribution in [3.63, 3.8) is 0 Å². The number of fused-ring (bicyclic) bond motifs is 2. The van der Waals surface area contributed by atoms with E-state index >= 15 is 0 Å². The lowest BCUT2D eigenvalue weighted by Gasteiger charge is -2.28. The van der Waals surface area contributed by atoms with Crippen LogP contribution in [0.5, 0.6) is 0 Å². The summed E-state index contributed by atoms with van der Waals surface area (Å²) in [5, 5.41) is 3.52. The second-order valence-corrected chi connectivity index (χ2v) is 7.45. The Morgan fingerprint density at radius 2 is 2.00 bits per heavy atom. The lowest BCUT2D eigenvalue weighted by molar-refractivity contribution is 0.287. The van der Waals surface area contributed by atoms with Gasteiger partial charge in [0.2, 0.25) is 0 Å². The summed E-state index contributed by atoms with van der Waals surface area (Å²) < 4.78 is 14.2. The quantitative estimate of drug-likeness (QED) is 0.798. The number of hydrogen-bond acceptors (Lipinski definition) is 1. The number of benzene rings is 1. The average molecular weight is 289 g/mol.